The van der Waals surface area contributed by atoms with E-state index in [-0.39, 0.29) is 0 Å². The minimum Gasteiger partial charge on any atom is -0.317 e. The van der Waals surface area contributed by atoms with Crippen LogP contribution >= 0.6 is 0 Å². The molecule has 0 bridgehead atoms. The van der Waals surface area contributed by atoms with Gasteiger partial charge in [-0.25, -0.2) is 0 Å². The van der Waals surface area contributed by atoms with E-state index in [1.165, 1.54) is 64.2 Å². The minimum absolute atomic E-state index is 0.826. The van der Waals surface area contributed by atoms with Crippen LogP contribution in [-0.4, -0.2) is 13.1 Å². The smallest absolute Gasteiger partial charge is 0.00668 e. The lowest BCUT2D eigenvalue weighted by atomic mass is 9.75. The van der Waals surface area contributed by atoms with Crippen molar-refractivity contribution < 1.29 is 0 Å². The van der Waals surface area contributed by atoms with Gasteiger partial charge in [-0.2, -0.15) is 0 Å². The van der Waals surface area contributed by atoms with E-state index in [1.54, 1.807) is 0 Å². The molecular weight excluding hydrogens is 182 g/mol. The Morgan fingerprint density at radius 3 is 2.07 bits per heavy atom. The summed E-state index contributed by atoms with van der Waals surface area (Å²) in [6.07, 6.45) is 14.9. The Kier molecular flexibility index (Phi) is 4.49. The molecule has 15 heavy (non-hydrogen) atoms. The van der Waals surface area contributed by atoms with Crippen molar-refractivity contribution in [2.45, 2.75) is 70.3 Å². The maximum Gasteiger partial charge on any atom is 0.00668 e. The maximum atomic E-state index is 3.49. The van der Waals surface area contributed by atoms with Crippen LogP contribution in [0.4, 0.5) is 0 Å². The lowest BCUT2D eigenvalue weighted by Gasteiger charge is -2.34. The summed E-state index contributed by atoms with van der Waals surface area (Å²) in [4.78, 5) is 0. The molecule has 0 spiro atoms. The van der Waals surface area contributed by atoms with Crippen LogP contribution in [0.2, 0.25) is 0 Å². The van der Waals surface area contributed by atoms with Crippen molar-refractivity contribution in [3.8, 4) is 0 Å². The molecule has 2 rings (SSSR count). The highest BCUT2D eigenvalue weighted by Crippen LogP contribution is 2.37. The summed E-state index contributed by atoms with van der Waals surface area (Å²) in [6, 6.07) is 0.826. The zero-order valence-electron chi connectivity index (χ0n) is 10.3. The first-order chi connectivity index (χ1) is 7.40. The van der Waals surface area contributed by atoms with Crippen LogP contribution < -0.4 is 5.32 Å². The zero-order chi connectivity index (χ0) is 10.5. The van der Waals surface area contributed by atoms with Gasteiger partial charge in [0.05, 0.1) is 0 Å². The van der Waals surface area contributed by atoms with E-state index >= 15 is 0 Å². The largest absolute Gasteiger partial charge is 0.317 e. The molecule has 2 atom stereocenters. The third kappa shape index (κ3) is 3.21. The van der Waals surface area contributed by atoms with Gasteiger partial charge >= 0.3 is 0 Å². The van der Waals surface area contributed by atoms with Crippen LogP contribution in [-0.2, 0) is 0 Å². The highest BCUT2D eigenvalue weighted by Gasteiger charge is 2.27. The fourth-order valence-electron chi connectivity index (χ4n) is 3.70. The van der Waals surface area contributed by atoms with Crippen LogP contribution in [0, 0.1) is 11.8 Å². The van der Waals surface area contributed by atoms with Crippen molar-refractivity contribution in [3.05, 3.63) is 0 Å². The van der Waals surface area contributed by atoms with Gasteiger partial charge in [0.1, 0.15) is 0 Å². The molecule has 2 fully saturated rings. The monoisotopic (exact) mass is 209 g/mol. The van der Waals surface area contributed by atoms with Crippen LogP contribution in [0.1, 0.15) is 64.2 Å². The summed E-state index contributed by atoms with van der Waals surface area (Å²) in [7, 11) is 2.14. The molecule has 1 nitrogen and oxygen atoms in total. The van der Waals surface area contributed by atoms with Crippen molar-refractivity contribution in [1.29, 1.82) is 0 Å². The molecule has 2 saturated carbocycles. The van der Waals surface area contributed by atoms with E-state index in [0.717, 1.165) is 17.9 Å². The molecule has 2 unspecified atom stereocenters. The number of nitrogens with one attached hydrogen (secondary N) is 1. The SMILES string of the molecule is CNC1CCCC(C2CCCCCC2)C1. The van der Waals surface area contributed by atoms with Crippen LogP contribution in [0.3, 0.4) is 0 Å². The molecule has 0 saturated heterocycles. The normalized spacial score (nSPS) is 35.0. The first-order valence-corrected chi connectivity index (χ1v) is 7.07. The summed E-state index contributed by atoms with van der Waals surface area (Å²) in [5.41, 5.74) is 0. The van der Waals surface area contributed by atoms with Gasteiger partial charge in [-0.3, -0.25) is 0 Å². The molecule has 1 N–H and O–H groups in total. The fraction of sp³-hybridized carbons (Fsp3) is 1.00. The quantitative estimate of drug-likeness (QED) is 0.683. The molecular formula is C14H27N. The van der Waals surface area contributed by atoms with Gasteiger partial charge in [-0.1, -0.05) is 51.4 Å². The van der Waals surface area contributed by atoms with Gasteiger partial charge in [0.2, 0.25) is 0 Å². The average molecular weight is 209 g/mol. The third-order valence-electron chi connectivity index (χ3n) is 4.69. The number of rotatable bonds is 2. The number of hydrogen-bond donors (Lipinski definition) is 1. The molecule has 2 aliphatic carbocycles. The van der Waals surface area contributed by atoms with Crippen LogP contribution in [0.25, 0.3) is 0 Å². The summed E-state index contributed by atoms with van der Waals surface area (Å²) in [6.45, 7) is 0. The van der Waals surface area contributed by atoms with Crippen LogP contribution in [0.5, 0.6) is 0 Å². The van der Waals surface area contributed by atoms with Gasteiger partial charge in [-0.15, -0.1) is 0 Å². The minimum atomic E-state index is 0.826. The Hall–Kier alpha value is -0.0400. The van der Waals surface area contributed by atoms with Crippen molar-refractivity contribution in [2.75, 3.05) is 7.05 Å². The highest BCUT2D eigenvalue weighted by atomic mass is 14.9. The van der Waals surface area contributed by atoms with Crippen molar-refractivity contribution >= 4 is 0 Å². The Morgan fingerprint density at radius 2 is 1.40 bits per heavy atom. The highest BCUT2D eigenvalue weighted by molar-refractivity contribution is 4.82. The molecule has 0 radical (unpaired) electrons. The zero-order valence-corrected chi connectivity index (χ0v) is 10.3. The second-order valence-corrected chi connectivity index (χ2v) is 5.66. The summed E-state index contributed by atoms with van der Waals surface area (Å²) in [5, 5.41) is 3.49. The standard InChI is InChI=1S/C14H27N/c1-15-14-10-6-9-13(11-14)12-7-4-2-3-5-8-12/h12-15H,2-11H2,1H3. The van der Waals surface area contributed by atoms with Crippen molar-refractivity contribution in [3.63, 3.8) is 0 Å². The lowest BCUT2D eigenvalue weighted by molar-refractivity contribution is 0.198. The Labute approximate surface area is 95.0 Å². The Bertz CT molecular complexity index is 170. The van der Waals surface area contributed by atoms with Gasteiger partial charge in [0.15, 0.2) is 0 Å². The topological polar surface area (TPSA) is 12.0 Å². The number of hydrogen-bond acceptors (Lipinski definition) is 1. The second-order valence-electron chi connectivity index (χ2n) is 5.66. The van der Waals surface area contributed by atoms with E-state index < -0.39 is 0 Å². The summed E-state index contributed by atoms with van der Waals surface area (Å²) < 4.78 is 0. The summed E-state index contributed by atoms with van der Waals surface area (Å²) in [5.74, 6) is 2.12. The predicted octanol–water partition coefficient (Wildman–Crippen LogP) is 3.74. The van der Waals surface area contributed by atoms with Gasteiger partial charge in [-0.05, 0) is 31.7 Å². The van der Waals surface area contributed by atoms with E-state index in [4.69, 9.17) is 0 Å². The second kappa shape index (κ2) is 5.89. The molecule has 2 aliphatic rings. The Balaban J connectivity index is 1.84. The van der Waals surface area contributed by atoms with Gasteiger partial charge in [0.25, 0.3) is 0 Å². The average Bonchev–Trinajstić information content (AvgIpc) is 2.58. The molecule has 0 aliphatic heterocycles. The Morgan fingerprint density at radius 1 is 0.733 bits per heavy atom. The van der Waals surface area contributed by atoms with E-state index in [1.807, 2.05) is 0 Å². The van der Waals surface area contributed by atoms with Crippen molar-refractivity contribution in [1.82, 2.24) is 5.32 Å². The molecule has 0 aromatic heterocycles. The first-order valence-electron chi connectivity index (χ1n) is 7.07. The van der Waals surface area contributed by atoms with E-state index in [2.05, 4.69) is 12.4 Å². The molecule has 0 aromatic rings. The molecule has 1 heteroatoms. The van der Waals surface area contributed by atoms with Gasteiger partial charge < -0.3 is 5.32 Å². The third-order valence-corrected chi connectivity index (χ3v) is 4.69. The fourth-order valence-corrected chi connectivity index (χ4v) is 3.70. The summed E-state index contributed by atoms with van der Waals surface area (Å²) >= 11 is 0. The van der Waals surface area contributed by atoms with E-state index in [9.17, 15) is 0 Å². The first kappa shape index (κ1) is 11.4. The molecule has 88 valence electrons. The predicted molar refractivity (Wildman–Crippen MR) is 66.0 cm³/mol. The lowest BCUT2D eigenvalue weighted by Crippen LogP contribution is -2.33. The van der Waals surface area contributed by atoms with Gasteiger partial charge in [0, 0.05) is 6.04 Å². The molecule has 0 heterocycles. The molecule has 0 amide bonds. The van der Waals surface area contributed by atoms with E-state index in [0.29, 0.717) is 0 Å². The van der Waals surface area contributed by atoms with Crippen molar-refractivity contribution in [2.24, 2.45) is 11.8 Å². The molecule has 0 aromatic carbocycles. The maximum absolute atomic E-state index is 3.49. The van der Waals surface area contributed by atoms with Crippen LogP contribution in [0.15, 0.2) is 0 Å².